The minimum absolute atomic E-state index is 0.270. The third kappa shape index (κ3) is 4.29. The van der Waals surface area contributed by atoms with Gasteiger partial charge in [0.25, 0.3) is 5.91 Å². The molecule has 0 bridgehead atoms. The van der Waals surface area contributed by atoms with E-state index in [0.717, 1.165) is 34.1 Å². The summed E-state index contributed by atoms with van der Waals surface area (Å²) in [4.78, 5) is 32.0. The first-order valence-corrected chi connectivity index (χ1v) is 11.9. The first-order chi connectivity index (χ1) is 16.4. The molecule has 4 aromatic rings. The molecule has 1 unspecified atom stereocenters. The molecule has 5 rings (SSSR count). The van der Waals surface area contributed by atoms with Crippen LogP contribution in [0.2, 0.25) is 0 Å². The Balaban J connectivity index is 1.31. The van der Waals surface area contributed by atoms with Gasteiger partial charge in [0.05, 0.1) is 17.7 Å². The molecule has 1 atom stereocenters. The van der Waals surface area contributed by atoms with Crippen molar-refractivity contribution in [2.24, 2.45) is 7.05 Å². The van der Waals surface area contributed by atoms with Gasteiger partial charge in [-0.1, -0.05) is 18.2 Å². The van der Waals surface area contributed by atoms with Gasteiger partial charge in [-0.2, -0.15) is 0 Å². The number of nitrogens with zero attached hydrogens (tertiary/aromatic N) is 6. The lowest BCUT2D eigenvalue weighted by Gasteiger charge is -2.21. The lowest BCUT2D eigenvalue weighted by Crippen LogP contribution is -2.36. The second kappa shape index (κ2) is 8.96. The molecule has 1 amide bonds. The third-order valence-electron chi connectivity index (χ3n) is 5.94. The molecule has 1 saturated heterocycles. The monoisotopic (exact) mass is 475 g/mol. The number of likely N-dealkylation sites (N-methyl/N-ethyl adjacent to an activating group) is 1. The van der Waals surface area contributed by atoms with Crippen LogP contribution in [-0.4, -0.2) is 60.6 Å². The van der Waals surface area contributed by atoms with Gasteiger partial charge in [-0.3, -0.25) is 4.79 Å². The van der Waals surface area contributed by atoms with Crippen molar-refractivity contribution < 1.29 is 9.90 Å². The number of hydrogen-bond acceptors (Lipinski definition) is 8. The van der Waals surface area contributed by atoms with Crippen LogP contribution in [-0.2, 0) is 23.9 Å². The van der Waals surface area contributed by atoms with Crippen molar-refractivity contribution in [3.8, 4) is 22.0 Å². The topological polar surface area (TPSA) is 109 Å². The summed E-state index contributed by atoms with van der Waals surface area (Å²) in [5, 5.41) is 17.0. The Hall–Kier alpha value is -3.63. The lowest BCUT2D eigenvalue weighted by atomic mass is 9.91. The van der Waals surface area contributed by atoms with E-state index in [-0.39, 0.29) is 5.91 Å². The molecule has 1 aliphatic rings. The summed E-state index contributed by atoms with van der Waals surface area (Å²) < 4.78 is 1.92. The molecule has 174 valence electrons. The van der Waals surface area contributed by atoms with Gasteiger partial charge in [0.2, 0.25) is 5.95 Å². The van der Waals surface area contributed by atoms with Gasteiger partial charge in [-0.25, -0.2) is 19.9 Å². The molecule has 10 heteroatoms. The number of likely N-dealkylation sites (tertiary alicyclic amines) is 1. The van der Waals surface area contributed by atoms with Crippen LogP contribution < -0.4 is 5.32 Å². The summed E-state index contributed by atoms with van der Waals surface area (Å²) in [5.74, 6) is 0.268. The van der Waals surface area contributed by atoms with Crippen LogP contribution in [0.25, 0.3) is 22.0 Å². The highest BCUT2D eigenvalue weighted by molar-refractivity contribution is 7.13. The fourth-order valence-electron chi connectivity index (χ4n) is 4.04. The Morgan fingerprint density at radius 1 is 1.18 bits per heavy atom. The lowest BCUT2D eigenvalue weighted by molar-refractivity contribution is -0.143. The first-order valence-electron chi connectivity index (χ1n) is 11.0. The van der Waals surface area contributed by atoms with E-state index in [1.807, 2.05) is 47.5 Å². The van der Waals surface area contributed by atoms with E-state index in [2.05, 4.69) is 20.3 Å². The Morgan fingerprint density at radius 2 is 2.06 bits per heavy atom. The zero-order chi connectivity index (χ0) is 23.7. The van der Waals surface area contributed by atoms with Crippen LogP contribution in [0.15, 0.2) is 54.4 Å². The summed E-state index contributed by atoms with van der Waals surface area (Å²) in [6.45, 7) is 1.21. The van der Waals surface area contributed by atoms with Gasteiger partial charge in [0, 0.05) is 63.4 Å². The van der Waals surface area contributed by atoms with Crippen molar-refractivity contribution in [2.45, 2.75) is 18.4 Å². The van der Waals surface area contributed by atoms with E-state index >= 15 is 0 Å². The fraction of sp³-hybridized carbons (Fsp3) is 0.292. The van der Waals surface area contributed by atoms with Crippen molar-refractivity contribution in [2.75, 3.05) is 25.5 Å². The summed E-state index contributed by atoms with van der Waals surface area (Å²) in [6.07, 6.45) is 6.64. The molecule has 2 N–H and O–H groups in total. The molecule has 0 aliphatic carbocycles. The number of rotatable bonds is 7. The van der Waals surface area contributed by atoms with Gasteiger partial charge >= 0.3 is 0 Å². The molecular formula is C24H25N7O2S. The van der Waals surface area contributed by atoms with Crippen molar-refractivity contribution in [3.05, 3.63) is 65.7 Å². The van der Waals surface area contributed by atoms with Crippen molar-refractivity contribution >= 4 is 23.2 Å². The number of benzene rings is 1. The number of imidazole rings is 1. The quantitative estimate of drug-likeness (QED) is 0.423. The van der Waals surface area contributed by atoms with E-state index in [9.17, 15) is 9.90 Å². The van der Waals surface area contributed by atoms with E-state index in [0.29, 0.717) is 31.0 Å². The second-order valence-electron chi connectivity index (χ2n) is 8.43. The molecule has 0 spiro atoms. The Kier molecular flexibility index (Phi) is 5.84. The standard InChI is InChI=1S/C24H25N7O2S/c1-30-13-18(27-15-30)6-9-25-23-26-10-7-19(29-23)20-14-34-21(28-20)16-4-3-5-17(12-16)24(33)8-11-31(2)22(24)32/h3-5,7,10,12-15,33H,6,8-9,11H2,1-2H3,(H,25,26,29). The molecule has 3 aromatic heterocycles. The second-order valence-corrected chi connectivity index (χ2v) is 9.29. The first kappa shape index (κ1) is 22.2. The molecule has 4 heterocycles. The van der Waals surface area contributed by atoms with Crippen molar-refractivity contribution in [1.29, 1.82) is 0 Å². The number of thiazole rings is 1. The Labute approximate surface area is 201 Å². The Morgan fingerprint density at radius 3 is 2.82 bits per heavy atom. The number of nitrogens with one attached hydrogen (secondary N) is 1. The molecule has 1 aliphatic heterocycles. The molecule has 1 aromatic carbocycles. The summed E-state index contributed by atoms with van der Waals surface area (Å²) >= 11 is 1.49. The average molecular weight is 476 g/mol. The fourth-order valence-corrected chi connectivity index (χ4v) is 4.85. The maximum Gasteiger partial charge on any atom is 0.258 e. The molecule has 0 radical (unpaired) electrons. The van der Waals surface area contributed by atoms with Gasteiger partial charge in [-0.05, 0) is 17.7 Å². The largest absolute Gasteiger partial charge is 0.375 e. The van der Waals surface area contributed by atoms with Gasteiger partial charge in [0.15, 0.2) is 5.60 Å². The number of aryl methyl sites for hydroxylation is 1. The van der Waals surface area contributed by atoms with Gasteiger partial charge in [0.1, 0.15) is 10.7 Å². The van der Waals surface area contributed by atoms with E-state index < -0.39 is 5.60 Å². The maximum atomic E-state index is 12.5. The zero-order valence-corrected chi connectivity index (χ0v) is 19.8. The predicted molar refractivity (Wildman–Crippen MR) is 130 cm³/mol. The molecule has 34 heavy (non-hydrogen) atoms. The highest BCUT2D eigenvalue weighted by Gasteiger charge is 2.45. The Bertz CT molecular complexity index is 1330. The van der Waals surface area contributed by atoms with Crippen molar-refractivity contribution in [1.82, 2.24) is 29.4 Å². The number of anilines is 1. The SMILES string of the molecule is CN1CCC(O)(c2cccc(-c3nc(-c4ccnc(NCCc5cn(C)cn5)n4)cs3)c2)C1=O. The van der Waals surface area contributed by atoms with Crippen LogP contribution in [0.3, 0.4) is 0 Å². The van der Waals surface area contributed by atoms with Crippen LogP contribution in [0.5, 0.6) is 0 Å². The predicted octanol–water partition coefficient (Wildman–Crippen LogP) is 2.70. The summed E-state index contributed by atoms with van der Waals surface area (Å²) in [7, 11) is 3.66. The third-order valence-corrected chi connectivity index (χ3v) is 6.83. The molecule has 9 nitrogen and oxygen atoms in total. The van der Waals surface area contributed by atoms with Crippen molar-refractivity contribution in [3.63, 3.8) is 0 Å². The van der Waals surface area contributed by atoms with Gasteiger partial charge in [-0.15, -0.1) is 11.3 Å². The summed E-state index contributed by atoms with van der Waals surface area (Å²) in [6, 6.07) is 9.26. The number of aromatic nitrogens is 5. The minimum Gasteiger partial charge on any atom is -0.375 e. The average Bonchev–Trinajstić information content (AvgIpc) is 3.57. The van der Waals surface area contributed by atoms with Crippen LogP contribution in [0.4, 0.5) is 5.95 Å². The minimum atomic E-state index is -1.48. The number of aliphatic hydroxyl groups is 1. The molecule has 0 saturated carbocycles. The van der Waals surface area contributed by atoms with E-state index in [4.69, 9.17) is 4.98 Å². The molecule has 1 fully saturated rings. The summed E-state index contributed by atoms with van der Waals surface area (Å²) in [5.41, 5.74) is 2.45. The highest BCUT2D eigenvalue weighted by Crippen LogP contribution is 2.36. The number of carbonyl (C=O) groups excluding carboxylic acids is 1. The van der Waals surface area contributed by atoms with Crippen LogP contribution in [0.1, 0.15) is 17.7 Å². The number of hydrogen-bond donors (Lipinski definition) is 2. The highest BCUT2D eigenvalue weighted by atomic mass is 32.1. The normalized spacial score (nSPS) is 18.0. The zero-order valence-electron chi connectivity index (χ0n) is 19.0. The van der Waals surface area contributed by atoms with Crippen LogP contribution in [0, 0.1) is 0 Å². The number of carbonyl (C=O) groups is 1. The van der Waals surface area contributed by atoms with E-state index in [1.54, 1.807) is 30.5 Å². The smallest absolute Gasteiger partial charge is 0.258 e. The van der Waals surface area contributed by atoms with E-state index in [1.165, 1.54) is 11.3 Å². The maximum absolute atomic E-state index is 12.5. The van der Waals surface area contributed by atoms with Gasteiger partial charge < -0.3 is 19.9 Å². The van der Waals surface area contributed by atoms with Crippen LogP contribution >= 0.6 is 11.3 Å². The molecular weight excluding hydrogens is 450 g/mol. The number of amides is 1.